The number of hydrogen-bond acceptors (Lipinski definition) is 6. The molecule has 3 aromatic rings. The van der Waals surface area contributed by atoms with E-state index in [-0.39, 0.29) is 11.8 Å². The number of nitrogens with zero attached hydrogens (tertiary/aromatic N) is 4. The predicted molar refractivity (Wildman–Crippen MR) is 110 cm³/mol. The molecule has 146 valence electrons. The Bertz CT molecular complexity index is 990. The van der Waals surface area contributed by atoms with Crippen molar-refractivity contribution in [3.63, 3.8) is 0 Å². The number of benzene rings is 1. The fourth-order valence-electron chi connectivity index (χ4n) is 3.67. The number of aromatic nitrogens is 3. The summed E-state index contributed by atoms with van der Waals surface area (Å²) in [6, 6.07) is 7.97. The molecule has 0 aliphatic carbocycles. The molecule has 2 aromatic heterocycles. The molecule has 1 aromatic carbocycles. The summed E-state index contributed by atoms with van der Waals surface area (Å²) in [6.07, 6.45) is 4.06. The molecule has 1 fully saturated rings. The van der Waals surface area contributed by atoms with Gasteiger partial charge in [0.05, 0.1) is 11.6 Å². The molecule has 3 heterocycles. The standard InChI is InChI=1S/C20H22BrN5O2/c1-2-16-17-18(23-12-24-20(17)28-25-16)26-8-4-6-14(11-26)19(27)22-10-13-5-3-7-15(21)9-13/h3,5,7,9,12,14H,2,4,6,8,10-11H2,1H3,(H,22,27)/t14-/m1/s1. The zero-order chi connectivity index (χ0) is 19.5. The van der Waals surface area contributed by atoms with E-state index >= 15 is 0 Å². The Morgan fingerprint density at radius 1 is 1.39 bits per heavy atom. The molecule has 0 bridgehead atoms. The van der Waals surface area contributed by atoms with Crippen molar-refractivity contribution in [3.8, 4) is 0 Å². The molecular weight excluding hydrogens is 422 g/mol. The highest BCUT2D eigenvalue weighted by atomic mass is 79.9. The van der Waals surface area contributed by atoms with E-state index in [1.807, 2.05) is 31.2 Å². The summed E-state index contributed by atoms with van der Waals surface area (Å²) in [6.45, 7) is 4.04. The quantitative estimate of drug-likeness (QED) is 0.649. The second kappa shape index (κ2) is 8.26. The predicted octanol–water partition coefficient (Wildman–Crippen LogP) is 3.48. The van der Waals surface area contributed by atoms with Crippen molar-refractivity contribution >= 4 is 38.8 Å². The molecule has 1 amide bonds. The summed E-state index contributed by atoms with van der Waals surface area (Å²) in [7, 11) is 0. The monoisotopic (exact) mass is 443 g/mol. The van der Waals surface area contributed by atoms with Crippen LogP contribution >= 0.6 is 15.9 Å². The number of rotatable bonds is 5. The molecule has 28 heavy (non-hydrogen) atoms. The maximum atomic E-state index is 12.8. The summed E-state index contributed by atoms with van der Waals surface area (Å²) in [5.41, 5.74) is 2.43. The lowest BCUT2D eigenvalue weighted by Crippen LogP contribution is -2.43. The van der Waals surface area contributed by atoms with Crippen LogP contribution in [0.15, 0.2) is 39.6 Å². The van der Waals surface area contributed by atoms with Crippen LogP contribution in [0, 0.1) is 5.92 Å². The van der Waals surface area contributed by atoms with Crippen molar-refractivity contribution < 1.29 is 9.32 Å². The third-order valence-corrected chi connectivity index (χ3v) is 5.60. The van der Waals surface area contributed by atoms with E-state index in [4.69, 9.17) is 4.52 Å². The van der Waals surface area contributed by atoms with Crippen LogP contribution in [0.1, 0.15) is 31.0 Å². The Morgan fingerprint density at radius 2 is 2.29 bits per heavy atom. The van der Waals surface area contributed by atoms with Gasteiger partial charge in [0.15, 0.2) is 0 Å². The van der Waals surface area contributed by atoms with Gasteiger partial charge >= 0.3 is 0 Å². The zero-order valence-electron chi connectivity index (χ0n) is 15.7. The average Bonchev–Trinajstić information content (AvgIpc) is 3.15. The first-order valence-corrected chi connectivity index (χ1v) is 10.3. The summed E-state index contributed by atoms with van der Waals surface area (Å²) in [4.78, 5) is 23.6. The number of hydrogen-bond donors (Lipinski definition) is 1. The van der Waals surface area contributed by atoms with Crippen LogP contribution in [0.5, 0.6) is 0 Å². The van der Waals surface area contributed by atoms with E-state index in [9.17, 15) is 4.79 Å². The Morgan fingerprint density at radius 3 is 3.11 bits per heavy atom. The number of piperidine rings is 1. The highest BCUT2D eigenvalue weighted by Crippen LogP contribution is 2.30. The van der Waals surface area contributed by atoms with Crippen molar-refractivity contribution in [2.24, 2.45) is 5.92 Å². The molecule has 1 aliphatic heterocycles. The summed E-state index contributed by atoms with van der Waals surface area (Å²) < 4.78 is 6.34. The first-order valence-electron chi connectivity index (χ1n) is 9.52. The van der Waals surface area contributed by atoms with Gasteiger partial charge in [-0.1, -0.05) is 40.1 Å². The minimum atomic E-state index is -0.0733. The van der Waals surface area contributed by atoms with Crippen molar-refractivity contribution in [2.75, 3.05) is 18.0 Å². The van der Waals surface area contributed by atoms with E-state index in [2.05, 4.69) is 41.3 Å². The molecule has 0 unspecified atom stereocenters. The Kier molecular flexibility index (Phi) is 5.57. The van der Waals surface area contributed by atoms with Gasteiger partial charge in [-0.2, -0.15) is 4.98 Å². The Hall–Kier alpha value is -2.48. The Balaban J connectivity index is 1.47. The second-order valence-corrected chi connectivity index (χ2v) is 7.91. The first-order chi connectivity index (χ1) is 13.7. The number of carbonyl (C=O) groups excluding carboxylic acids is 1. The molecule has 7 nitrogen and oxygen atoms in total. The van der Waals surface area contributed by atoms with Gasteiger partial charge in [0.2, 0.25) is 5.91 Å². The van der Waals surface area contributed by atoms with E-state index in [0.29, 0.717) is 18.8 Å². The van der Waals surface area contributed by atoms with Gasteiger partial charge in [0.1, 0.15) is 17.5 Å². The minimum absolute atomic E-state index is 0.0733. The minimum Gasteiger partial charge on any atom is -0.355 e. The fourth-order valence-corrected chi connectivity index (χ4v) is 4.12. The van der Waals surface area contributed by atoms with Crippen molar-refractivity contribution in [2.45, 2.75) is 32.7 Å². The van der Waals surface area contributed by atoms with Gasteiger partial charge in [0, 0.05) is 24.1 Å². The van der Waals surface area contributed by atoms with E-state index in [1.54, 1.807) is 0 Å². The lowest BCUT2D eigenvalue weighted by atomic mass is 9.96. The molecular formula is C20H22BrN5O2. The van der Waals surface area contributed by atoms with Crippen molar-refractivity contribution in [3.05, 3.63) is 46.3 Å². The number of amides is 1. The van der Waals surface area contributed by atoms with Gasteiger partial charge in [-0.3, -0.25) is 4.79 Å². The van der Waals surface area contributed by atoms with Gasteiger partial charge in [-0.05, 0) is 37.0 Å². The third kappa shape index (κ3) is 3.87. The number of anilines is 1. The highest BCUT2D eigenvalue weighted by Gasteiger charge is 2.28. The molecule has 0 saturated carbocycles. The van der Waals surface area contributed by atoms with Crippen LogP contribution in [0.2, 0.25) is 0 Å². The molecule has 8 heteroatoms. The van der Waals surface area contributed by atoms with Crippen LogP contribution < -0.4 is 10.2 Å². The van der Waals surface area contributed by atoms with Crippen LogP contribution in [-0.2, 0) is 17.8 Å². The zero-order valence-corrected chi connectivity index (χ0v) is 17.3. The number of aryl methyl sites for hydroxylation is 1. The van der Waals surface area contributed by atoms with Crippen LogP contribution in [-0.4, -0.2) is 34.1 Å². The molecule has 0 spiro atoms. The summed E-state index contributed by atoms with van der Waals surface area (Å²) >= 11 is 3.46. The number of halogens is 1. The number of nitrogens with one attached hydrogen (secondary N) is 1. The van der Waals surface area contributed by atoms with Gasteiger partial charge < -0.3 is 14.7 Å². The maximum Gasteiger partial charge on any atom is 0.263 e. The SMILES string of the molecule is CCc1noc2ncnc(N3CCC[C@@H](C(=O)NCc4cccc(Br)c4)C3)c12. The molecule has 1 saturated heterocycles. The van der Waals surface area contributed by atoms with Gasteiger partial charge in [-0.15, -0.1) is 0 Å². The lowest BCUT2D eigenvalue weighted by molar-refractivity contribution is -0.125. The average molecular weight is 444 g/mol. The number of fused-ring (bicyclic) bond motifs is 1. The molecule has 1 N–H and O–H groups in total. The number of carbonyl (C=O) groups is 1. The van der Waals surface area contributed by atoms with E-state index in [0.717, 1.165) is 52.7 Å². The largest absolute Gasteiger partial charge is 0.355 e. The molecule has 4 rings (SSSR count). The Labute approximate surface area is 171 Å². The topological polar surface area (TPSA) is 84.2 Å². The summed E-state index contributed by atoms with van der Waals surface area (Å²) in [5.74, 6) is 0.819. The van der Waals surface area contributed by atoms with Gasteiger partial charge in [0.25, 0.3) is 5.71 Å². The smallest absolute Gasteiger partial charge is 0.263 e. The first kappa shape index (κ1) is 18.9. The highest BCUT2D eigenvalue weighted by molar-refractivity contribution is 9.10. The second-order valence-electron chi connectivity index (χ2n) is 6.99. The van der Waals surface area contributed by atoms with Crippen LogP contribution in [0.25, 0.3) is 11.1 Å². The van der Waals surface area contributed by atoms with E-state index in [1.165, 1.54) is 6.33 Å². The van der Waals surface area contributed by atoms with Crippen LogP contribution in [0.4, 0.5) is 5.82 Å². The normalized spacial score (nSPS) is 17.1. The van der Waals surface area contributed by atoms with Crippen molar-refractivity contribution in [1.29, 1.82) is 0 Å². The summed E-state index contributed by atoms with van der Waals surface area (Å²) in [5, 5.41) is 8.04. The maximum absolute atomic E-state index is 12.8. The molecule has 1 atom stereocenters. The third-order valence-electron chi connectivity index (χ3n) is 5.11. The molecule has 0 radical (unpaired) electrons. The lowest BCUT2D eigenvalue weighted by Gasteiger charge is -2.33. The van der Waals surface area contributed by atoms with Crippen molar-refractivity contribution in [1.82, 2.24) is 20.4 Å². The van der Waals surface area contributed by atoms with Crippen LogP contribution in [0.3, 0.4) is 0 Å². The molecule has 1 aliphatic rings. The van der Waals surface area contributed by atoms with Gasteiger partial charge in [-0.25, -0.2) is 4.98 Å². The van der Waals surface area contributed by atoms with E-state index < -0.39 is 0 Å². The fraction of sp³-hybridized carbons (Fsp3) is 0.400.